The van der Waals surface area contributed by atoms with Crippen molar-refractivity contribution >= 4 is 23.4 Å². The lowest BCUT2D eigenvalue weighted by Crippen LogP contribution is -2.23. The van der Waals surface area contributed by atoms with Crippen LogP contribution >= 0.6 is 11.3 Å². The zero-order chi connectivity index (χ0) is 12.8. The number of thiazole rings is 1. The van der Waals surface area contributed by atoms with Crippen molar-refractivity contribution in [3.63, 3.8) is 0 Å². The fourth-order valence-electron chi connectivity index (χ4n) is 1.06. The topological polar surface area (TPSA) is 88.5 Å². The Morgan fingerprint density at radius 2 is 2.35 bits per heavy atom. The minimum Gasteiger partial charge on any atom is -0.476 e. The monoisotopic (exact) mass is 256 g/mol. The lowest BCUT2D eigenvalue weighted by Gasteiger charge is -2.02. The van der Waals surface area contributed by atoms with Crippen LogP contribution in [0.4, 0.5) is 4.79 Å². The first kappa shape index (κ1) is 13.2. The maximum Gasteiger partial charge on any atom is 0.407 e. The normalized spacial score (nSPS) is 9.71. The average molecular weight is 256 g/mol. The van der Waals surface area contributed by atoms with Gasteiger partial charge in [-0.1, -0.05) is 12.7 Å². The van der Waals surface area contributed by atoms with Gasteiger partial charge in [0.25, 0.3) is 0 Å². The summed E-state index contributed by atoms with van der Waals surface area (Å²) in [4.78, 5) is 26.3. The number of aryl methyl sites for hydroxylation is 1. The number of aromatic carboxylic acids is 1. The summed E-state index contributed by atoms with van der Waals surface area (Å²) < 4.78 is 4.69. The quantitative estimate of drug-likeness (QED) is 0.780. The molecule has 7 heteroatoms. The SMILES string of the molecule is C=CCOC(=O)NCc1nc(C(=O)O)c(C)s1. The summed E-state index contributed by atoms with van der Waals surface area (Å²) in [6, 6.07) is 0. The van der Waals surface area contributed by atoms with Gasteiger partial charge in [-0.2, -0.15) is 0 Å². The molecular formula is C10H12N2O4S. The molecule has 1 aromatic heterocycles. The minimum atomic E-state index is -1.07. The molecule has 0 bridgehead atoms. The summed E-state index contributed by atoms with van der Waals surface area (Å²) in [5.74, 6) is -1.07. The Kier molecular flexibility index (Phi) is 4.65. The number of carbonyl (C=O) groups excluding carboxylic acids is 1. The zero-order valence-corrected chi connectivity index (χ0v) is 10.0. The van der Waals surface area contributed by atoms with E-state index in [2.05, 4.69) is 21.6 Å². The van der Waals surface area contributed by atoms with E-state index < -0.39 is 12.1 Å². The summed E-state index contributed by atoms with van der Waals surface area (Å²) in [5, 5.41) is 11.8. The number of ether oxygens (including phenoxy) is 1. The van der Waals surface area contributed by atoms with Gasteiger partial charge < -0.3 is 15.2 Å². The summed E-state index contributed by atoms with van der Waals surface area (Å²) >= 11 is 1.23. The number of aromatic nitrogens is 1. The van der Waals surface area contributed by atoms with Crippen LogP contribution in [0.5, 0.6) is 0 Å². The highest BCUT2D eigenvalue weighted by Gasteiger charge is 2.14. The number of nitrogens with one attached hydrogen (secondary N) is 1. The van der Waals surface area contributed by atoms with E-state index in [-0.39, 0.29) is 18.8 Å². The Morgan fingerprint density at radius 3 is 2.88 bits per heavy atom. The first-order chi connectivity index (χ1) is 8.04. The fraction of sp³-hybridized carbons (Fsp3) is 0.300. The predicted molar refractivity (Wildman–Crippen MR) is 62.2 cm³/mol. The van der Waals surface area contributed by atoms with E-state index in [1.165, 1.54) is 17.4 Å². The molecule has 1 amide bonds. The van der Waals surface area contributed by atoms with Gasteiger partial charge in [0.2, 0.25) is 0 Å². The molecule has 0 atom stereocenters. The van der Waals surface area contributed by atoms with E-state index in [4.69, 9.17) is 5.11 Å². The molecule has 0 spiro atoms. The van der Waals surface area contributed by atoms with Crippen molar-refractivity contribution in [3.8, 4) is 0 Å². The maximum absolute atomic E-state index is 11.1. The summed E-state index contributed by atoms with van der Waals surface area (Å²) in [7, 11) is 0. The zero-order valence-electron chi connectivity index (χ0n) is 9.23. The van der Waals surface area contributed by atoms with E-state index in [0.717, 1.165) is 0 Å². The molecule has 2 N–H and O–H groups in total. The number of hydrogen-bond acceptors (Lipinski definition) is 5. The average Bonchev–Trinajstić information content (AvgIpc) is 2.65. The number of carboxylic acids is 1. The van der Waals surface area contributed by atoms with Crippen LogP contribution in [-0.4, -0.2) is 28.8 Å². The number of nitrogens with zero attached hydrogens (tertiary/aromatic N) is 1. The standard InChI is InChI=1S/C10H12N2O4S/c1-3-4-16-10(15)11-5-7-12-8(9(13)14)6(2)17-7/h3H,1,4-5H2,2H3,(H,11,15)(H,13,14). The maximum atomic E-state index is 11.1. The lowest BCUT2D eigenvalue weighted by atomic mass is 10.4. The van der Waals surface area contributed by atoms with Gasteiger partial charge in [-0.3, -0.25) is 0 Å². The molecule has 0 radical (unpaired) electrons. The Bertz CT molecular complexity index is 442. The molecule has 17 heavy (non-hydrogen) atoms. The third-order valence-corrected chi connectivity index (χ3v) is 2.73. The van der Waals surface area contributed by atoms with Crippen molar-refractivity contribution in [2.45, 2.75) is 13.5 Å². The Morgan fingerprint density at radius 1 is 1.65 bits per heavy atom. The van der Waals surface area contributed by atoms with E-state index in [1.54, 1.807) is 6.92 Å². The molecule has 1 aromatic rings. The molecule has 6 nitrogen and oxygen atoms in total. The van der Waals surface area contributed by atoms with Crippen LogP contribution in [0.3, 0.4) is 0 Å². The molecule has 0 aliphatic heterocycles. The van der Waals surface area contributed by atoms with Crippen molar-refractivity contribution < 1.29 is 19.4 Å². The van der Waals surface area contributed by atoms with Crippen LogP contribution in [0.2, 0.25) is 0 Å². The van der Waals surface area contributed by atoms with E-state index >= 15 is 0 Å². The van der Waals surface area contributed by atoms with Gasteiger partial charge in [0.05, 0.1) is 6.54 Å². The second-order valence-corrected chi connectivity index (χ2v) is 4.35. The lowest BCUT2D eigenvalue weighted by molar-refractivity contribution is 0.0690. The van der Waals surface area contributed by atoms with Gasteiger partial charge in [0.15, 0.2) is 5.69 Å². The molecule has 0 aliphatic rings. The van der Waals surface area contributed by atoms with Crippen LogP contribution in [0.25, 0.3) is 0 Å². The molecule has 1 heterocycles. The number of amides is 1. The van der Waals surface area contributed by atoms with Crippen molar-refractivity contribution in [1.82, 2.24) is 10.3 Å². The van der Waals surface area contributed by atoms with Crippen LogP contribution in [0.15, 0.2) is 12.7 Å². The van der Waals surface area contributed by atoms with E-state index in [0.29, 0.717) is 9.88 Å². The third-order valence-electron chi connectivity index (χ3n) is 1.76. The second-order valence-electron chi connectivity index (χ2n) is 3.06. The van der Waals surface area contributed by atoms with E-state index in [9.17, 15) is 9.59 Å². The molecule has 0 aliphatic carbocycles. The molecular weight excluding hydrogens is 244 g/mol. The minimum absolute atomic E-state index is 0.0197. The van der Waals surface area contributed by atoms with Gasteiger partial charge >= 0.3 is 12.1 Å². The molecule has 0 unspecified atom stereocenters. The van der Waals surface area contributed by atoms with Gasteiger partial charge in [-0.15, -0.1) is 11.3 Å². The van der Waals surface area contributed by atoms with E-state index in [1.807, 2.05) is 0 Å². The summed E-state index contributed by atoms with van der Waals surface area (Å²) in [6.07, 6.45) is 0.866. The first-order valence-corrected chi connectivity index (χ1v) is 5.57. The Hall–Kier alpha value is -1.89. The Balaban J connectivity index is 2.52. The fourth-order valence-corrected chi connectivity index (χ4v) is 1.92. The highest BCUT2D eigenvalue weighted by atomic mass is 32.1. The van der Waals surface area contributed by atoms with Crippen molar-refractivity contribution in [3.05, 3.63) is 28.2 Å². The van der Waals surface area contributed by atoms with Crippen LogP contribution in [0, 0.1) is 6.92 Å². The van der Waals surface area contributed by atoms with Gasteiger partial charge in [0.1, 0.15) is 11.6 Å². The highest BCUT2D eigenvalue weighted by Crippen LogP contribution is 2.17. The van der Waals surface area contributed by atoms with Crippen LogP contribution < -0.4 is 5.32 Å². The molecule has 92 valence electrons. The van der Waals surface area contributed by atoms with Crippen molar-refractivity contribution in [2.24, 2.45) is 0 Å². The number of rotatable bonds is 5. The molecule has 0 saturated carbocycles. The highest BCUT2D eigenvalue weighted by molar-refractivity contribution is 7.11. The van der Waals surface area contributed by atoms with Crippen LogP contribution in [0.1, 0.15) is 20.4 Å². The second kappa shape index (κ2) is 6.00. The third kappa shape index (κ3) is 3.87. The van der Waals surface area contributed by atoms with Crippen molar-refractivity contribution in [1.29, 1.82) is 0 Å². The Labute approximate surface area is 102 Å². The van der Waals surface area contributed by atoms with Gasteiger partial charge in [-0.25, -0.2) is 14.6 Å². The molecule has 0 fully saturated rings. The van der Waals surface area contributed by atoms with Crippen LogP contribution in [-0.2, 0) is 11.3 Å². The molecule has 0 saturated heterocycles. The molecule has 0 aromatic carbocycles. The number of carboxylic acid groups (broad SMARTS) is 1. The first-order valence-electron chi connectivity index (χ1n) is 4.75. The predicted octanol–water partition coefficient (Wildman–Crippen LogP) is 1.56. The number of hydrogen-bond donors (Lipinski definition) is 2. The molecule has 1 rings (SSSR count). The number of alkyl carbamates (subject to hydrolysis) is 1. The summed E-state index contributed by atoms with van der Waals surface area (Å²) in [5.41, 5.74) is 0.0197. The number of carbonyl (C=O) groups is 2. The van der Waals surface area contributed by atoms with Gasteiger partial charge in [-0.05, 0) is 6.92 Å². The van der Waals surface area contributed by atoms with Gasteiger partial charge in [0, 0.05) is 4.88 Å². The summed E-state index contributed by atoms with van der Waals surface area (Å²) in [6.45, 7) is 5.35. The van der Waals surface area contributed by atoms with Crippen molar-refractivity contribution in [2.75, 3.05) is 6.61 Å². The smallest absolute Gasteiger partial charge is 0.407 e. The largest absolute Gasteiger partial charge is 0.476 e.